The lowest BCUT2D eigenvalue weighted by Crippen LogP contribution is -2.44. The lowest BCUT2D eigenvalue weighted by Gasteiger charge is -2.41. The van der Waals surface area contributed by atoms with Crippen LogP contribution in [0.5, 0.6) is 11.5 Å². The van der Waals surface area contributed by atoms with Crippen LogP contribution >= 0.6 is 0 Å². The minimum absolute atomic E-state index is 0.215. The Morgan fingerprint density at radius 1 is 1.04 bits per heavy atom. The van der Waals surface area contributed by atoms with Gasteiger partial charge in [-0.25, -0.2) is 0 Å². The summed E-state index contributed by atoms with van der Waals surface area (Å²) in [4.78, 5) is 0. The van der Waals surface area contributed by atoms with Gasteiger partial charge in [-0.05, 0) is 60.7 Å². The molecule has 0 amide bonds. The van der Waals surface area contributed by atoms with Crippen LogP contribution in [0.25, 0.3) is 0 Å². The number of methoxy groups -OCH3 is 1. The van der Waals surface area contributed by atoms with E-state index in [1.807, 2.05) is 6.92 Å². The second-order valence-corrected chi connectivity index (χ2v) is 7.26. The summed E-state index contributed by atoms with van der Waals surface area (Å²) in [5.41, 5.74) is 4.48. The molecule has 3 nitrogen and oxygen atoms in total. The number of fused-ring (bicyclic) bond motifs is 2. The van der Waals surface area contributed by atoms with Crippen LogP contribution in [-0.2, 0) is 5.41 Å². The molecule has 2 aromatic carbocycles. The first kappa shape index (κ1) is 16.5. The number of rotatable bonds is 4. The highest BCUT2D eigenvalue weighted by Gasteiger charge is 2.42. The van der Waals surface area contributed by atoms with E-state index < -0.39 is 0 Å². The molecule has 1 fully saturated rings. The molecule has 2 aromatic rings. The van der Waals surface area contributed by atoms with E-state index in [0.29, 0.717) is 12.0 Å². The van der Waals surface area contributed by atoms with Crippen molar-refractivity contribution in [1.29, 1.82) is 0 Å². The smallest absolute Gasteiger partial charge is 0.119 e. The van der Waals surface area contributed by atoms with Crippen LogP contribution in [0.15, 0.2) is 42.5 Å². The Bertz CT molecular complexity index is 732. The third-order valence-electron chi connectivity index (χ3n) is 5.87. The average Bonchev–Trinajstić information content (AvgIpc) is 3.12. The minimum atomic E-state index is 0.215. The fourth-order valence-corrected chi connectivity index (χ4v) is 4.61. The normalized spacial score (nSPS) is 21.1. The molecule has 132 valence electrons. The number of nitrogens with one attached hydrogen (secondary N) is 1. The van der Waals surface area contributed by atoms with Crippen LogP contribution in [0.2, 0.25) is 0 Å². The van der Waals surface area contributed by atoms with E-state index in [4.69, 9.17) is 9.47 Å². The minimum Gasteiger partial charge on any atom is -0.497 e. The predicted octanol–water partition coefficient (Wildman–Crippen LogP) is 4.60. The first-order valence-corrected chi connectivity index (χ1v) is 9.40. The molecule has 4 rings (SSSR count). The van der Waals surface area contributed by atoms with Crippen molar-refractivity contribution in [2.45, 2.75) is 44.1 Å². The second kappa shape index (κ2) is 6.72. The van der Waals surface area contributed by atoms with Gasteiger partial charge in [0.25, 0.3) is 0 Å². The Kier molecular flexibility index (Phi) is 4.43. The molecule has 2 aliphatic rings. The van der Waals surface area contributed by atoms with Gasteiger partial charge in [-0.1, -0.05) is 31.0 Å². The average molecular weight is 337 g/mol. The van der Waals surface area contributed by atoms with E-state index in [9.17, 15) is 0 Å². The molecular weight excluding hydrogens is 310 g/mol. The summed E-state index contributed by atoms with van der Waals surface area (Å²) in [5, 5.41) is 3.83. The Hall–Kier alpha value is -2.00. The number of benzene rings is 2. The van der Waals surface area contributed by atoms with Crippen molar-refractivity contribution in [2.24, 2.45) is 0 Å². The van der Waals surface area contributed by atoms with Crippen molar-refractivity contribution in [3.05, 3.63) is 59.2 Å². The molecule has 0 bridgehead atoms. The van der Waals surface area contributed by atoms with E-state index in [1.54, 1.807) is 7.11 Å². The molecule has 1 aliphatic carbocycles. The maximum Gasteiger partial charge on any atom is 0.119 e. The van der Waals surface area contributed by atoms with Crippen molar-refractivity contribution in [1.82, 2.24) is 5.32 Å². The van der Waals surface area contributed by atoms with Gasteiger partial charge in [0.05, 0.1) is 19.8 Å². The molecule has 1 spiro atoms. The quantitative estimate of drug-likeness (QED) is 0.884. The zero-order chi connectivity index (χ0) is 17.3. The first-order valence-electron chi connectivity index (χ1n) is 9.40. The van der Waals surface area contributed by atoms with Crippen LogP contribution in [-0.4, -0.2) is 20.3 Å². The van der Waals surface area contributed by atoms with Crippen molar-refractivity contribution < 1.29 is 9.47 Å². The first-order chi connectivity index (χ1) is 12.3. The van der Waals surface area contributed by atoms with Crippen LogP contribution in [0.3, 0.4) is 0 Å². The largest absolute Gasteiger partial charge is 0.497 e. The van der Waals surface area contributed by atoms with Crippen LogP contribution in [0.1, 0.15) is 55.3 Å². The van der Waals surface area contributed by atoms with Gasteiger partial charge in [0, 0.05) is 12.0 Å². The maximum absolute atomic E-state index is 5.59. The number of hydrogen-bond acceptors (Lipinski definition) is 3. The highest BCUT2D eigenvalue weighted by atomic mass is 16.5. The van der Waals surface area contributed by atoms with Crippen molar-refractivity contribution in [2.75, 3.05) is 20.3 Å². The molecule has 3 heteroatoms. The molecule has 0 saturated heterocycles. The van der Waals surface area contributed by atoms with Gasteiger partial charge >= 0.3 is 0 Å². The van der Waals surface area contributed by atoms with E-state index in [2.05, 4.69) is 47.8 Å². The summed E-state index contributed by atoms with van der Waals surface area (Å²) in [6, 6.07) is 15.4. The topological polar surface area (TPSA) is 30.5 Å². The maximum atomic E-state index is 5.59. The predicted molar refractivity (Wildman–Crippen MR) is 101 cm³/mol. The van der Waals surface area contributed by atoms with Crippen molar-refractivity contribution in [3.8, 4) is 11.5 Å². The fraction of sp³-hybridized carbons (Fsp3) is 0.455. The highest BCUT2D eigenvalue weighted by molar-refractivity contribution is 5.49. The van der Waals surface area contributed by atoms with Crippen LogP contribution in [0, 0.1) is 0 Å². The summed E-state index contributed by atoms with van der Waals surface area (Å²) >= 11 is 0. The Morgan fingerprint density at radius 3 is 2.44 bits per heavy atom. The molecule has 1 heterocycles. The molecule has 25 heavy (non-hydrogen) atoms. The van der Waals surface area contributed by atoms with Crippen molar-refractivity contribution in [3.63, 3.8) is 0 Å². The third-order valence-corrected chi connectivity index (χ3v) is 5.87. The summed E-state index contributed by atoms with van der Waals surface area (Å²) in [6.45, 7) is 3.77. The van der Waals surface area contributed by atoms with Crippen molar-refractivity contribution >= 4 is 0 Å². The standard InChI is InChI=1S/C22H27NO2/c1-3-25-17-8-6-16(7-9-17)21-19-14-18(24-2)10-11-20(19)22(15-23-21)12-4-5-13-22/h6-11,14,21,23H,3-5,12-13,15H2,1-2H3/t21-/m1/s1. The van der Waals surface area contributed by atoms with Gasteiger partial charge in [-0.15, -0.1) is 0 Å². The summed E-state index contributed by atoms with van der Waals surface area (Å²) in [5.74, 6) is 1.87. The Balaban J connectivity index is 1.74. The Labute approximate surface area is 150 Å². The highest BCUT2D eigenvalue weighted by Crippen LogP contribution is 2.47. The lowest BCUT2D eigenvalue weighted by atomic mass is 9.71. The molecule has 0 aromatic heterocycles. The molecule has 0 radical (unpaired) electrons. The molecule has 1 aliphatic heterocycles. The van der Waals surface area contributed by atoms with E-state index in [0.717, 1.165) is 18.0 Å². The third kappa shape index (κ3) is 2.91. The van der Waals surface area contributed by atoms with E-state index in [-0.39, 0.29) is 6.04 Å². The van der Waals surface area contributed by atoms with Crippen LogP contribution < -0.4 is 14.8 Å². The zero-order valence-electron chi connectivity index (χ0n) is 15.2. The molecular formula is C22H27NO2. The summed E-state index contributed by atoms with van der Waals surface area (Å²) in [7, 11) is 1.75. The number of ether oxygens (including phenoxy) is 2. The van der Waals surface area contributed by atoms with Gasteiger partial charge in [0.2, 0.25) is 0 Å². The molecule has 1 atom stereocenters. The van der Waals surface area contributed by atoms with Gasteiger partial charge in [0.1, 0.15) is 11.5 Å². The van der Waals surface area contributed by atoms with Gasteiger partial charge < -0.3 is 14.8 Å². The molecule has 1 N–H and O–H groups in total. The lowest BCUT2D eigenvalue weighted by molar-refractivity contribution is 0.339. The Morgan fingerprint density at radius 2 is 1.76 bits per heavy atom. The monoisotopic (exact) mass is 337 g/mol. The zero-order valence-corrected chi connectivity index (χ0v) is 15.2. The summed E-state index contributed by atoms with van der Waals surface area (Å²) < 4.78 is 11.1. The van der Waals surface area contributed by atoms with Gasteiger partial charge in [-0.3, -0.25) is 0 Å². The molecule has 1 saturated carbocycles. The fourth-order valence-electron chi connectivity index (χ4n) is 4.61. The van der Waals surface area contributed by atoms with E-state index >= 15 is 0 Å². The van der Waals surface area contributed by atoms with Crippen LogP contribution in [0.4, 0.5) is 0 Å². The number of hydrogen-bond donors (Lipinski definition) is 1. The van der Waals surface area contributed by atoms with E-state index in [1.165, 1.54) is 42.4 Å². The SMILES string of the molecule is CCOc1ccc([C@H]2NCC3(CCCC3)c3ccc(OC)cc32)cc1. The summed E-state index contributed by atoms with van der Waals surface area (Å²) in [6.07, 6.45) is 5.24. The van der Waals surface area contributed by atoms with Gasteiger partial charge in [-0.2, -0.15) is 0 Å². The molecule has 0 unspecified atom stereocenters. The van der Waals surface area contributed by atoms with Gasteiger partial charge in [0.15, 0.2) is 0 Å². The second-order valence-electron chi connectivity index (χ2n) is 7.26.